The fourth-order valence-corrected chi connectivity index (χ4v) is 3.73. The van der Waals surface area contributed by atoms with Gasteiger partial charge in [0.15, 0.2) is 5.96 Å². The summed E-state index contributed by atoms with van der Waals surface area (Å²) in [4.78, 5) is 23.0. The van der Waals surface area contributed by atoms with Crippen LogP contribution in [0.2, 0.25) is 0 Å². The van der Waals surface area contributed by atoms with E-state index in [4.69, 9.17) is 4.99 Å². The highest BCUT2D eigenvalue weighted by Crippen LogP contribution is 2.15. The number of halogens is 1. The summed E-state index contributed by atoms with van der Waals surface area (Å²) in [5, 5.41) is 6.79. The SMILES string of the molecule is CCNC(=NCCCN1CCC(C)CC1)NCCN1CCN(C(C)=O)CC1.I. The summed E-state index contributed by atoms with van der Waals surface area (Å²) in [7, 11) is 0. The molecule has 0 unspecified atom stereocenters. The lowest BCUT2D eigenvalue weighted by Gasteiger charge is -2.34. The van der Waals surface area contributed by atoms with E-state index in [0.717, 1.165) is 77.2 Å². The van der Waals surface area contributed by atoms with E-state index in [2.05, 4.69) is 34.3 Å². The molecule has 28 heavy (non-hydrogen) atoms. The Kier molecular flexibility index (Phi) is 13.1. The number of piperidine rings is 1. The van der Waals surface area contributed by atoms with Gasteiger partial charge in [0.25, 0.3) is 0 Å². The Morgan fingerprint density at radius 3 is 2.25 bits per heavy atom. The van der Waals surface area contributed by atoms with Gasteiger partial charge in [0.2, 0.25) is 5.91 Å². The van der Waals surface area contributed by atoms with E-state index in [1.807, 2.05) is 4.90 Å². The van der Waals surface area contributed by atoms with Gasteiger partial charge in [0, 0.05) is 59.3 Å². The Morgan fingerprint density at radius 2 is 1.64 bits per heavy atom. The first-order chi connectivity index (χ1) is 13.1. The number of hydrogen-bond acceptors (Lipinski definition) is 4. The normalized spacial score (nSPS) is 20.0. The number of nitrogens with zero attached hydrogens (tertiary/aromatic N) is 4. The van der Waals surface area contributed by atoms with Crippen molar-refractivity contribution in [3.8, 4) is 0 Å². The van der Waals surface area contributed by atoms with Crippen molar-refractivity contribution in [1.29, 1.82) is 0 Å². The average molecular weight is 508 g/mol. The summed E-state index contributed by atoms with van der Waals surface area (Å²) >= 11 is 0. The summed E-state index contributed by atoms with van der Waals surface area (Å²) in [5.41, 5.74) is 0. The highest BCUT2D eigenvalue weighted by Gasteiger charge is 2.18. The zero-order valence-electron chi connectivity index (χ0n) is 18.1. The van der Waals surface area contributed by atoms with Crippen molar-refractivity contribution in [3.63, 3.8) is 0 Å². The number of carbonyl (C=O) groups is 1. The molecule has 0 aromatic rings. The average Bonchev–Trinajstić information content (AvgIpc) is 2.67. The molecule has 2 N–H and O–H groups in total. The molecule has 8 heteroatoms. The van der Waals surface area contributed by atoms with Crippen molar-refractivity contribution >= 4 is 35.8 Å². The minimum atomic E-state index is 0. The van der Waals surface area contributed by atoms with Crippen LogP contribution >= 0.6 is 24.0 Å². The second kappa shape index (κ2) is 14.4. The van der Waals surface area contributed by atoms with Gasteiger partial charge in [-0.1, -0.05) is 6.92 Å². The van der Waals surface area contributed by atoms with Crippen LogP contribution in [0.5, 0.6) is 0 Å². The predicted molar refractivity (Wildman–Crippen MR) is 128 cm³/mol. The molecular formula is C20H41IN6O. The maximum atomic E-state index is 11.4. The van der Waals surface area contributed by atoms with E-state index in [1.165, 1.54) is 25.9 Å². The summed E-state index contributed by atoms with van der Waals surface area (Å²) < 4.78 is 0. The summed E-state index contributed by atoms with van der Waals surface area (Å²) in [6.07, 6.45) is 3.81. The first-order valence-electron chi connectivity index (χ1n) is 10.8. The lowest BCUT2D eigenvalue weighted by molar-refractivity contribution is -0.130. The second-order valence-electron chi connectivity index (χ2n) is 7.91. The molecule has 0 spiro atoms. The van der Waals surface area contributed by atoms with Gasteiger partial charge in [0.1, 0.15) is 0 Å². The van der Waals surface area contributed by atoms with Crippen molar-refractivity contribution in [1.82, 2.24) is 25.3 Å². The molecule has 0 aromatic carbocycles. The third kappa shape index (κ3) is 9.73. The van der Waals surface area contributed by atoms with Crippen LogP contribution < -0.4 is 10.6 Å². The van der Waals surface area contributed by atoms with Gasteiger partial charge >= 0.3 is 0 Å². The van der Waals surface area contributed by atoms with Crippen molar-refractivity contribution in [2.75, 3.05) is 72.0 Å². The number of nitrogens with one attached hydrogen (secondary N) is 2. The van der Waals surface area contributed by atoms with Gasteiger partial charge in [-0.2, -0.15) is 0 Å². The molecule has 1 amide bonds. The maximum absolute atomic E-state index is 11.4. The summed E-state index contributed by atoms with van der Waals surface area (Å²) in [6.45, 7) is 17.0. The van der Waals surface area contributed by atoms with Gasteiger partial charge < -0.3 is 20.4 Å². The van der Waals surface area contributed by atoms with E-state index in [-0.39, 0.29) is 29.9 Å². The Morgan fingerprint density at radius 1 is 1.00 bits per heavy atom. The van der Waals surface area contributed by atoms with E-state index in [0.29, 0.717) is 0 Å². The van der Waals surface area contributed by atoms with Crippen LogP contribution in [0.4, 0.5) is 0 Å². The molecule has 2 fully saturated rings. The van der Waals surface area contributed by atoms with Crippen LogP contribution in [0, 0.1) is 5.92 Å². The van der Waals surface area contributed by atoms with E-state index in [9.17, 15) is 4.79 Å². The molecule has 0 aromatic heterocycles. The van der Waals surface area contributed by atoms with Crippen LogP contribution in [-0.2, 0) is 4.79 Å². The molecule has 0 aliphatic carbocycles. The number of amides is 1. The Balaban J connectivity index is 0.00000392. The van der Waals surface area contributed by atoms with E-state index >= 15 is 0 Å². The zero-order valence-corrected chi connectivity index (χ0v) is 20.4. The van der Waals surface area contributed by atoms with Gasteiger partial charge in [-0.05, 0) is 51.7 Å². The summed E-state index contributed by atoms with van der Waals surface area (Å²) in [5.74, 6) is 2.01. The largest absolute Gasteiger partial charge is 0.357 e. The third-order valence-electron chi connectivity index (χ3n) is 5.66. The number of hydrogen-bond donors (Lipinski definition) is 2. The van der Waals surface area contributed by atoms with Crippen molar-refractivity contribution in [3.05, 3.63) is 0 Å². The molecule has 7 nitrogen and oxygen atoms in total. The molecule has 2 aliphatic rings. The van der Waals surface area contributed by atoms with Gasteiger partial charge in [0.05, 0.1) is 0 Å². The molecule has 2 aliphatic heterocycles. The van der Waals surface area contributed by atoms with Gasteiger partial charge in [-0.25, -0.2) is 0 Å². The number of rotatable bonds is 8. The standard InChI is InChI=1S/C20H40N6O.HI/c1-4-21-20(22-8-5-10-24-11-6-18(2)7-12-24)23-9-13-25-14-16-26(17-15-25)19(3)27;/h18H,4-17H2,1-3H3,(H2,21,22,23);1H. The van der Waals surface area contributed by atoms with Gasteiger partial charge in [-0.15, -0.1) is 24.0 Å². The van der Waals surface area contributed by atoms with E-state index in [1.54, 1.807) is 6.92 Å². The molecule has 0 atom stereocenters. The Bertz CT molecular complexity index is 460. The minimum absolute atomic E-state index is 0. The second-order valence-corrected chi connectivity index (χ2v) is 7.91. The molecule has 164 valence electrons. The lowest BCUT2D eigenvalue weighted by atomic mass is 9.99. The molecule has 2 rings (SSSR count). The van der Waals surface area contributed by atoms with Crippen LogP contribution in [0.1, 0.15) is 40.0 Å². The van der Waals surface area contributed by atoms with E-state index < -0.39 is 0 Å². The molecule has 2 heterocycles. The first-order valence-corrected chi connectivity index (χ1v) is 10.8. The Labute approximate surface area is 188 Å². The van der Waals surface area contributed by atoms with Crippen molar-refractivity contribution in [2.24, 2.45) is 10.9 Å². The quantitative estimate of drug-likeness (QED) is 0.225. The molecule has 2 saturated heterocycles. The molecule has 0 radical (unpaired) electrons. The number of carbonyl (C=O) groups excluding carboxylic acids is 1. The number of guanidine groups is 1. The Hall–Kier alpha value is -0.610. The fraction of sp³-hybridized carbons (Fsp3) is 0.900. The molecular weight excluding hydrogens is 467 g/mol. The zero-order chi connectivity index (χ0) is 19.5. The predicted octanol–water partition coefficient (Wildman–Crippen LogP) is 1.45. The number of aliphatic imine (C=N–C) groups is 1. The summed E-state index contributed by atoms with van der Waals surface area (Å²) in [6, 6.07) is 0. The number of likely N-dealkylation sites (tertiary alicyclic amines) is 1. The highest BCUT2D eigenvalue weighted by atomic mass is 127. The molecule has 0 saturated carbocycles. The number of piperazine rings is 1. The topological polar surface area (TPSA) is 63.2 Å². The monoisotopic (exact) mass is 508 g/mol. The lowest BCUT2D eigenvalue weighted by Crippen LogP contribution is -2.50. The maximum Gasteiger partial charge on any atom is 0.219 e. The van der Waals surface area contributed by atoms with Crippen LogP contribution in [-0.4, -0.2) is 98.6 Å². The fourth-order valence-electron chi connectivity index (χ4n) is 3.73. The van der Waals surface area contributed by atoms with Gasteiger partial charge in [-0.3, -0.25) is 14.7 Å². The van der Waals surface area contributed by atoms with Crippen molar-refractivity contribution in [2.45, 2.75) is 40.0 Å². The highest BCUT2D eigenvalue weighted by molar-refractivity contribution is 14.0. The minimum Gasteiger partial charge on any atom is -0.357 e. The molecule has 0 bridgehead atoms. The smallest absolute Gasteiger partial charge is 0.219 e. The first kappa shape index (κ1) is 25.4. The third-order valence-corrected chi connectivity index (χ3v) is 5.66. The van der Waals surface area contributed by atoms with Crippen LogP contribution in [0.15, 0.2) is 4.99 Å². The van der Waals surface area contributed by atoms with Crippen molar-refractivity contribution < 1.29 is 4.79 Å². The van der Waals surface area contributed by atoms with Crippen LogP contribution in [0.25, 0.3) is 0 Å². The van der Waals surface area contributed by atoms with Crippen LogP contribution in [0.3, 0.4) is 0 Å².